The first kappa shape index (κ1) is 65.1. The van der Waals surface area contributed by atoms with Crippen molar-refractivity contribution in [3.05, 3.63) is 60.8 Å². The lowest BCUT2D eigenvalue weighted by Gasteiger charge is -2.18. The maximum absolute atomic E-state index is 12.9. The van der Waals surface area contributed by atoms with Crippen LogP contribution < -0.4 is 0 Å². The van der Waals surface area contributed by atoms with Gasteiger partial charge in [0.05, 0.1) is 0 Å². The topological polar surface area (TPSA) is 78.9 Å². The van der Waals surface area contributed by atoms with Gasteiger partial charge in [-0.15, -0.1) is 0 Å². The Morgan fingerprint density at radius 2 is 0.529 bits per heavy atom. The fourth-order valence-electron chi connectivity index (χ4n) is 8.30. The summed E-state index contributed by atoms with van der Waals surface area (Å²) in [6, 6.07) is 0. The summed E-state index contributed by atoms with van der Waals surface area (Å²) in [6.45, 7) is 6.60. The van der Waals surface area contributed by atoms with E-state index in [9.17, 15) is 14.4 Å². The third kappa shape index (κ3) is 54.1. The number of carbonyl (C=O) groups excluding carboxylic acids is 3. The van der Waals surface area contributed by atoms with Crippen LogP contribution in [-0.4, -0.2) is 37.2 Å². The zero-order valence-corrected chi connectivity index (χ0v) is 45.1. The third-order valence-corrected chi connectivity index (χ3v) is 12.7. The van der Waals surface area contributed by atoms with Gasteiger partial charge in [-0.05, 0) is 89.9 Å². The van der Waals surface area contributed by atoms with E-state index in [-0.39, 0.29) is 31.1 Å². The van der Waals surface area contributed by atoms with Crippen molar-refractivity contribution in [2.75, 3.05) is 13.2 Å². The normalized spacial score (nSPS) is 12.5. The molecule has 0 aliphatic carbocycles. The van der Waals surface area contributed by atoms with Crippen molar-refractivity contribution in [2.45, 2.75) is 303 Å². The Balaban J connectivity index is 4.40. The molecule has 0 radical (unpaired) electrons. The summed E-state index contributed by atoms with van der Waals surface area (Å²) in [4.78, 5) is 38.1. The molecule has 0 spiro atoms. The molecule has 0 aliphatic heterocycles. The van der Waals surface area contributed by atoms with Crippen LogP contribution in [0.25, 0.3) is 0 Å². The van der Waals surface area contributed by atoms with E-state index in [1.54, 1.807) is 0 Å². The average Bonchev–Trinajstić information content (AvgIpc) is 3.34. The van der Waals surface area contributed by atoms with Crippen molar-refractivity contribution >= 4 is 17.9 Å². The zero-order valence-electron chi connectivity index (χ0n) is 45.1. The number of carbonyl (C=O) groups is 3. The summed E-state index contributed by atoms with van der Waals surface area (Å²) in [5.41, 5.74) is 0. The minimum Gasteiger partial charge on any atom is -0.462 e. The van der Waals surface area contributed by atoms with E-state index >= 15 is 0 Å². The third-order valence-electron chi connectivity index (χ3n) is 12.7. The van der Waals surface area contributed by atoms with Gasteiger partial charge in [0, 0.05) is 19.3 Å². The van der Waals surface area contributed by atoms with E-state index in [0.29, 0.717) is 19.3 Å². The Labute approximate surface area is 421 Å². The minimum atomic E-state index is -0.788. The molecule has 68 heavy (non-hydrogen) atoms. The van der Waals surface area contributed by atoms with Gasteiger partial charge in [0.1, 0.15) is 13.2 Å². The second-order valence-corrected chi connectivity index (χ2v) is 19.6. The summed E-state index contributed by atoms with van der Waals surface area (Å²) in [6.07, 6.45) is 70.7. The lowest BCUT2D eigenvalue weighted by Crippen LogP contribution is -2.30. The highest BCUT2D eigenvalue weighted by molar-refractivity contribution is 5.71. The second kappa shape index (κ2) is 56.7. The quantitative estimate of drug-likeness (QED) is 0.0262. The van der Waals surface area contributed by atoms with Crippen molar-refractivity contribution in [3.63, 3.8) is 0 Å². The van der Waals surface area contributed by atoms with Crippen LogP contribution in [0.1, 0.15) is 297 Å². The summed E-state index contributed by atoms with van der Waals surface area (Å²) < 4.78 is 16.8. The molecular formula is C62H110O6. The van der Waals surface area contributed by atoms with E-state index in [4.69, 9.17) is 14.2 Å². The highest BCUT2D eigenvalue weighted by atomic mass is 16.6. The zero-order chi connectivity index (χ0) is 49.3. The van der Waals surface area contributed by atoms with Gasteiger partial charge in [0.2, 0.25) is 0 Å². The highest BCUT2D eigenvalue weighted by Crippen LogP contribution is 2.15. The average molecular weight is 952 g/mol. The van der Waals surface area contributed by atoms with Gasteiger partial charge in [-0.1, -0.05) is 248 Å². The van der Waals surface area contributed by atoms with Gasteiger partial charge in [0.15, 0.2) is 6.10 Å². The first-order chi connectivity index (χ1) is 33.5. The predicted octanol–water partition coefficient (Wildman–Crippen LogP) is 19.6. The number of esters is 3. The molecule has 6 heteroatoms. The van der Waals surface area contributed by atoms with Crippen LogP contribution in [0.3, 0.4) is 0 Å². The molecule has 0 aromatic heterocycles. The fourth-order valence-corrected chi connectivity index (χ4v) is 8.30. The molecule has 0 rings (SSSR count). The fraction of sp³-hybridized carbons (Fsp3) is 0.790. The number of hydrogen-bond acceptors (Lipinski definition) is 6. The van der Waals surface area contributed by atoms with Crippen molar-refractivity contribution < 1.29 is 28.6 Å². The van der Waals surface area contributed by atoms with E-state index in [1.165, 1.54) is 173 Å². The molecule has 0 saturated heterocycles. The summed E-state index contributed by atoms with van der Waals surface area (Å²) in [5, 5.41) is 0. The van der Waals surface area contributed by atoms with Crippen molar-refractivity contribution in [1.29, 1.82) is 0 Å². The molecule has 1 atom stereocenters. The molecule has 0 N–H and O–H groups in total. The van der Waals surface area contributed by atoms with Crippen LogP contribution in [0.5, 0.6) is 0 Å². The molecule has 0 saturated carbocycles. The number of allylic oxidation sites excluding steroid dienone is 10. The molecule has 0 unspecified atom stereocenters. The first-order valence-electron chi connectivity index (χ1n) is 29.3. The molecule has 0 aromatic carbocycles. The molecular weight excluding hydrogens is 841 g/mol. The molecule has 0 aromatic rings. The predicted molar refractivity (Wildman–Crippen MR) is 293 cm³/mol. The van der Waals surface area contributed by atoms with Crippen LogP contribution >= 0.6 is 0 Å². The van der Waals surface area contributed by atoms with Gasteiger partial charge in [-0.2, -0.15) is 0 Å². The summed E-state index contributed by atoms with van der Waals surface area (Å²) in [5.74, 6) is -0.909. The van der Waals surface area contributed by atoms with Gasteiger partial charge < -0.3 is 14.2 Å². The van der Waals surface area contributed by atoms with E-state index in [2.05, 4.69) is 81.5 Å². The number of unbranched alkanes of at least 4 members (excludes halogenated alkanes) is 32. The summed E-state index contributed by atoms with van der Waals surface area (Å²) in [7, 11) is 0. The van der Waals surface area contributed by atoms with Crippen LogP contribution in [0, 0.1) is 0 Å². The monoisotopic (exact) mass is 951 g/mol. The largest absolute Gasteiger partial charge is 0.462 e. The maximum atomic E-state index is 12.9. The van der Waals surface area contributed by atoms with Gasteiger partial charge in [0.25, 0.3) is 0 Å². The summed E-state index contributed by atoms with van der Waals surface area (Å²) >= 11 is 0. The Kier molecular flexibility index (Phi) is 54.3. The second-order valence-electron chi connectivity index (χ2n) is 19.6. The smallest absolute Gasteiger partial charge is 0.306 e. The maximum Gasteiger partial charge on any atom is 0.306 e. The van der Waals surface area contributed by atoms with Crippen molar-refractivity contribution in [2.24, 2.45) is 0 Å². The van der Waals surface area contributed by atoms with Crippen LogP contribution in [-0.2, 0) is 28.6 Å². The molecule has 0 fully saturated rings. The van der Waals surface area contributed by atoms with E-state index < -0.39 is 6.10 Å². The van der Waals surface area contributed by atoms with Gasteiger partial charge in [-0.3, -0.25) is 14.4 Å². The number of rotatable bonds is 53. The van der Waals surface area contributed by atoms with E-state index in [1.807, 2.05) is 0 Å². The van der Waals surface area contributed by atoms with Crippen LogP contribution in [0.2, 0.25) is 0 Å². The number of ether oxygens (including phenoxy) is 3. The molecule has 0 aliphatic rings. The van der Waals surface area contributed by atoms with Gasteiger partial charge in [-0.25, -0.2) is 0 Å². The molecule has 0 amide bonds. The lowest BCUT2D eigenvalue weighted by atomic mass is 10.0. The molecule has 6 nitrogen and oxygen atoms in total. The first-order valence-corrected chi connectivity index (χ1v) is 29.3. The SMILES string of the molecule is CCCCC/C=C\C/C=C\C/C=C\C/C=C\CCCCCC(=O)OC[C@@H](COC(=O)CCCCCCCCCCCCCC)OC(=O)CCCCCCCCC/C=C\CCCCCCCCCC. The molecule has 0 heterocycles. The van der Waals surface area contributed by atoms with Crippen LogP contribution in [0.4, 0.5) is 0 Å². The van der Waals surface area contributed by atoms with Gasteiger partial charge >= 0.3 is 17.9 Å². The Hall–Kier alpha value is -2.89. The van der Waals surface area contributed by atoms with Crippen LogP contribution in [0.15, 0.2) is 60.8 Å². The minimum absolute atomic E-state index is 0.0838. The molecule has 394 valence electrons. The molecule has 0 bridgehead atoms. The van der Waals surface area contributed by atoms with E-state index in [0.717, 1.165) is 83.5 Å². The standard InChI is InChI=1S/C62H110O6/c1-4-7-10-13-16-19-22-25-27-29-31-33-35-37-40-43-46-49-52-55-61(64)67-58-59(57-66-60(63)54-51-48-45-42-39-24-21-18-15-12-9-6-3)68-62(65)56-53-50-47-44-41-38-36-34-32-30-28-26-23-20-17-14-11-8-5-2/h16,19,25,27,30-33,37,40,59H,4-15,17-18,20-24,26,28-29,34-36,38-39,41-58H2,1-3H3/b19-16-,27-25-,32-30-,33-31-,40-37-/t59-/m1/s1. The number of hydrogen-bond donors (Lipinski definition) is 0. The highest BCUT2D eigenvalue weighted by Gasteiger charge is 2.19. The Morgan fingerprint density at radius 1 is 0.294 bits per heavy atom. The van der Waals surface area contributed by atoms with Crippen molar-refractivity contribution in [1.82, 2.24) is 0 Å². The van der Waals surface area contributed by atoms with Crippen molar-refractivity contribution in [3.8, 4) is 0 Å². The lowest BCUT2D eigenvalue weighted by molar-refractivity contribution is -0.167. The Morgan fingerprint density at radius 3 is 0.882 bits per heavy atom. The Bertz CT molecular complexity index is 1230.